The number of nitrogens with zero attached hydrogens (tertiary/aromatic N) is 2. The standard InChI is InChI=1S/C27H34N4O2/c1-17-15-25(18(2)19(3)26(17)28)33-20(4)27(32)30-22-11-13-31(14-12-22)16-23-10-9-21-7-5-6-8-24(21)29-23/h5-10,15,20,22H,11-14,16,28H2,1-4H3,(H,30,32). The summed E-state index contributed by atoms with van der Waals surface area (Å²) in [6.07, 6.45) is 1.28. The van der Waals surface area contributed by atoms with E-state index >= 15 is 0 Å². The maximum absolute atomic E-state index is 12.8. The second-order valence-electron chi connectivity index (χ2n) is 9.17. The predicted octanol–water partition coefficient (Wildman–Crippen LogP) is 4.29. The minimum Gasteiger partial charge on any atom is -0.481 e. The molecule has 2 heterocycles. The van der Waals surface area contributed by atoms with E-state index in [1.807, 2.05) is 39.0 Å². The first-order valence-electron chi connectivity index (χ1n) is 11.7. The molecule has 3 aromatic rings. The molecule has 1 aromatic heterocycles. The van der Waals surface area contributed by atoms with Crippen LogP contribution in [-0.2, 0) is 11.3 Å². The fourth-order valence-electron chi connectivity index (χ4n) is 4.41. The number of aromatic nitrogens is 1. The lowest BCUT2D eigenvalue weighted by molar-refractivity contribution is -0.128. The summed E-state index contributed by atoms with van der Waals surface area (Å²) in [6.45, 7) is 10.4. The molecule has 0 bridgehead atoms. The highest BCUT2D eigenvalue weighted by Crippen LogP contribution is 2.30. The van der Waals surface area contributed by atoms with E-state index in [1.165, 1.54) is 5.39 Å². The fourth-order valence-corrected chi connectivity index (χ4v) is 4.41. The molecule has 1 aliphatic rings. The summed E-state index contributed by atoms with van der Waals surface area (Å²) in [5.41, 5.74) is 12.0. The summed E-state index contributed by atoms with van der Waals surface area (Å²) in [6, 6.07) is 14.5. The second kappa shape index (κ2) is 9.79. The first kappa shape index (κ1) is 23.1. The zero-order chi connectivity index (χ0) is 23.5. The van der Waals surface area contributed by atoms with Crippen LogP contribution in [0.2, 0.25) is 0 Å². The molecule has 1 saturated heterocycles. The first-order chi connectivity index (χ1) is 15.8. The second-order valence-corrected chi connectivity index (χ2v) is 9.17. The molecule has 174 valence electrons. The topological polar surface area (TPSA) is 80.5 Å². The van der Waals surface area contributed by atoms with E-state index in [2.05, 4.69) is 34.5 Å². The van der Waals surface area contributed by atoms with Gasteiger partial charge in [-0.3, -0.25) is 14.7 Å². The third-order valence-electron chi connectivity index (χ3n) is 6.76. The molecule has 2 aromatic carbocycles. The van der Waals surface area contributed by atoms with E-state index in [0.29, 0.717) is 0 Å². The highest BCUT2D eigenvalue weighted by Gasteiger charge is 2.24. The van der Waals surface area contributed by atoms with Crippen molar-refractivity contribution in [2.24, 2.45) is 0 Å². The molecule has 3 N–H and O–H groups in total. The fraction of sp³-hybridized carbons (Fsp3) is 0.407. The minimum absolute atomic E-state index is 0.0730. The van der Waals surface area contributed by atoms with E-state index < -0.39 is 6.10 Å². The molecule has 6 heteroatoms. The van der Waals surface area contributed by atoms with Gasteiger partial charge in [0.1, 0.15) is 5.75 Å². The number of likely N-dealkylation sites (tertiary alicyclic amines) is 1. The maximum atomic E-state index is 12.8. The van der Waals surface area contributed by atoms with Gasteiger partial charge in [-0.15, -0.1) is 0 Å². The van der Waals surface area contributed by atoms with Gasteiger partial charge < -0.3 is 15.8 Å². The van der Waals surface area contributed by atoms with Gasteiger partial charge in [-0.25, -0.2) is 0 Å². The van der Waals surface area contributed by atoms with Gasteiger partial charge in [0.2, 0.25) is 0 Å². The van der Waals surface area contributed by atoms with Gasteiger partial charge in [0.05, 0.1) is 11.2 Å². The van der Waals surface area contributed by atoms with Crippen LogP contribution in [0.1, 0.15) is 42.1 Å². The number of nitrogen functional groups attached to an aromatic ring is 1. The summed E-state index contributed by atoms with van der Waals surface area (Å²) in [4.78, 5) is 20.0. The lowest BCUT2D eigenvalue weighted by atomic mass is 10.0. The molecule has 4 rings (SSSR count). The van der Waals surface area contributed by atoms with Crippen LogP contribution in [0.15, 0.2) is 42.5 Å². The number of nitrogens with one attached hydrogen (secondary N) is 1. The number of carbonyl (C=O) groups excluding carboxylic acids is 1. The average Bonchev–Trinajstić information content (AvgIpc) is 2.82. The Morgan fingerprint density at radius 1 is 1.15 bits per heavy atom. The van der Waals surface area contributed by atoms with Crippen LogP contribution in [0, 0.1) is 20.8 Å². The summed E-state index contributed by atoms with van der Waals surface area (Å²) in [5.74, 6) is 0.649. The number of hydrogen-bond acceptors (Lipinski definition) is 5. The van der Waals surface area contributed by atoms with Crippen molar-refractivity contribution in [3.05, 3.63) is 64.8 Å². The SMILES string of the molecule is Cc1cc(OC(C)C(=O)NC2CCN(Cc3ccc4ccccc4n3)CC2)c(C)c(C)c1N. The molecule has 1 aliphatic heterocycles. The number of carbonyl (C=O) groups is 1. The van der Waals surface area contributed by atoms with Crippen LogP contribution in [0.25, 0.3) is 10.9 Å². The normalized spacial score (nSPS) is 16.0. The molecule has 1 amide bonds. The van der Waals surface area contributed by atoms with Gasteiger partial charge in [0, 0.05) is 36.7 Å². The third-order valence-corrected chi connectivity index (χ3v) is 6.76. The summed E-state index contributed by atoms with van der Waals surface area (Å²) >= 11 is 0. The predicted molar refractivity (Wildman–Crippen MR) is 133 cm³/mol. The van der Waals surface area contributed by atoms with Crippen molar-refractivity contribution in [3.8, 4) is 5.75 Å². The van der Waals surface area contributed by atoms with Crippen molar-refractivity contribution in [2.75, 3.05) is 18.8 Å². The van der Waals surface area contributed by atoms with E-state index in [-0.39, 0.29) is 11.9 Å². The third kappa shape index (κ3) is 5.28. The molecule has 0 radical (unpaired) electrons. The van der Waals surface area contributed by atoms with Gasteiger partial charge >= 0.3 is 0 Å². The quantitative estimate of drug-likeness (QED) is 0.552. The number of amides is 1. The Kier molecular flexibility index (Phi) is 6.84. The Hall–Kier alpha value is -3.12. The lowest BCUT2D eigenvalue weighted by Gasteiger charge is -2.32. The van der Waals surface area contributed by atoms with Gasteiger partial charge in [-0.2, -0.15) is 0 Å². The van der Waals surface area contributed by atoms with E-state index in [0.717, 1.165) is 71.8 Å². The van der Waals surface area contributed by atoms with E-state index in [4.69, 9.17) is 15.5 Å². The molecular formula is C27H34N4O2. The number of anilines is 1. The molecule has 0 spiro atoms. The molecule has 1 atom stereocenters. The maximum Gasteiger partial charge on any atom is 0.260 e. The molecule has 0 aliphatic carbocycles. The van der Waals surface area contributed by atoms with Gasteiger partial charge in [0.15, 0.2) is 6.10 Å². The Bertz CT molecular complexity index is 1150. The van der Waals surface area contributed by atoms with Gasteiger partial charge in [-0.05, 0) is 75.4 Å². The number of piperidine rings is 1. The number of aryl methyl sites for hydroxylation is 1. The van der Waals surface area contributed by atoms with Crippen LogP contribution in [0.5, 0.6) is 5.75 Å². The van der Waals surface area contributed by atoms with Crippen LogP contribution in [0.3, 0.4) is 0 Å². The van der Waals surface area contributed by atoms with Crippen LogP contribution < -0.4 is 15.8 Å². The Morgan fingerprint density at radius 2 is 1.88 bits per heavy atom. The highest BCUT2D eigenvalue weighted by molar-refractivity contribution is 5.81. The summed E-state index contributed by atoms with van der Waals surface area (Å²) in [5, 5.41) is 4.34. The molecule has 1 fully saturated rings. The number of benzene rings is 2. The number of nitrogens with two attached hydrogens (primary N) is 1. The number of pyridine rings is 1. The number of fused-ring (bicyclic) bond motifs is 1. The van der Waals surface area contributed by atoms with Crippen molar-refractivity contribution >= 4 is 22.5 Å². The highest BCUT2D eigenvalue weighted by atomic mass is 16.5. The van der Waals surface area contributed by atoms with Crippen LogP contribution in [-0.4, -0.2) is 41.0 Å². The van der Waals surface area contributed by atoms with Crippen molar-refractivity contribution in [1.29, 1.82) is 0 Å². The van der Waals surface area contributed by atoms with E-state index in [9.17, 15) is 4.79 Å². The molecule has 6 nitrogen and oxygen atoms in total. The largest absolute Gasteiger partial charge is 0.481 e. The smallest absolute Gasteiger partial charge is 0.260 e. The average molecular weight is 447 g/mol. The molecular weight excluding hydrogens is 412 g/mol. The number of rotatable bonds is 6. The Labute approximate surface area is 196 Å². The first-order valence-corrected chi connectivity index (χ1v) is 11.7. The molecule has 1 unspecified atom stereocenters. The number of para-hydroxylation sites is 1. The van der Waals surface area contributed by atoms with Crippen molar-refractivity contribution in [2.45, 2.75) is 59.2 Å². The van der Waals surface area contributed by atoms with Crippen LogP contribution in [0.4, 0.5) is 5.69 Å². The van der Waals surface area contributed by atoms with Crippen molar-refractivity contribution < 1.29 is 9.53 Å². The lowest BCUT2D eigenvalue weighted by Crippen LogP contribution is -2.48. The van der Waals surface area contributed by atoms with Crippen molar-refractivity contribution in [3.63, 3.8) is 0 Å². The number of hydrogen-bond donors (Lipinski definition) is 2. The Balaban J connectivity index is 1.28. The van der Waals surface area contributed by atoms with Gasteiger partial charge in [-0.1, -0.05) is 24.3 Å². The van der Waals surface area contributed by atoms with E-state index in [1.54, 1.807) is 6.92 Å². The Morgan fingerprint density at radius 3 is 2.64 bits per heavy atom. The summed E-state index contributed by atoms with van der Waals surface area (Å²) in [7, 11) is 0. The zero-order valence-electron chi connectivity index (χ0n) is 20.0. The van der Waals surface area contributed by atoms with Gasteiger partial charge in [0.25, 0.3) is 5.91 Å². The molecule has 0 saturated carbocycles. The summed E-state index contributed by atoms with van der Waals surface area (Å²) < 4.78 is 6.01. The monoisotopic (exact) mass is 446 g/mol. The minimum atomic E-state index is -0.564. The van der Waals surface area contributed by atoms with Crippen LogP contribution >= 0.6 is 0 Å². The molecule has 33 heavy (non-hydrogen) atoms. The zero-order valence-corrected chi connectivity index (χ0v) is 20.0. The van der Waals surface area contributed by atoms with Crippen molar-refractivity contribution in [1.82, 2.24) is 15.2 Å². The number of ether oxygens (including phenoxy) is 1.